The number of thiazole rings is 1. The number of carbonyl (C=O) groups excluding carboxylic acids is 1. The highest BCUT2D eigenvalue weighted by Gasteiger charge is 2.47. The molecule has 2 fully saturated rings. The fourth-order valence-corrected chi connectivity index (χ4v) is 4.11. The molecular formula is C14H19N3O3S. The third kappa shape index (κ3) is 2.88. The number of nitrogens with one attached hydrogen (secondary N) is 1. The van der Waals surface area contributed by atoms with Crippen LogP contribution in [0.2, 0.25) is 0 Å². The van der Waals surface area contributed by atoms with Crippen LogP contribution in [-0.2, 0) is 11.3 Å². The number of carboxylic acids is 1. The van der Waals surface area contributed by atoms with Crippen molar-refractivity contribution in [3.63, 3.8) is 0 Å². The highest BCUT2D eigenvalue weighted by atomic mass is 32.1. The molecule has 1 saturated heterocycles. The summed E-state index contributed by atoms with van der Waals surface area (Å²) in [4.78, 5) is 29.6. The van der Waals surface area contributed by atoms with Crippen LogP contribution >= 0.6 is 11.3 Å². The second kappa shape index (κ2) is 6.01. The van der Waals surface area contributed by atoms with Crippen molar-refractivity contribution in [2.24, 2.45) is 5.92 Å². The minimum atomic E-state index is -0.895. The van der Waals surface area contributed by atoms with Gasteiger partial charge in [0.05, 0.1) is 6.54 Å². The molecule has 21 heavy (non-hydrogen) atoms. The Kier molecular flexibility index (Phi) is 4.10. The maximum atomic E-state index is 12.4. The fourth-order valence-electron chi connectivity index (χ4n) is 3.56. The number of hydrogen-bond acceptors (Lipinski definition) is 4. The van der Waals surface area contributed by atoms with E-state index in [0.717, 1.165) is 30.7 Å². The molecule has 0 aromatic carbocycles. The van der Waals surface area contributed by atoms with Gasteiger partial charge in [-0.25, -0.2) is 14.6 Å². The number of carboxylic acid groups (broad SMARTS) is 1. The Bertz CT molecular complexity index is 520. The smallest absolute Gasteiger partial charge is 0.326 e. The predicted octanol–water partition coefficient (Wildman–Crippen LogP) is 2.07. The number of carbonyl (C=O) groups is 2. The average molecular weight is 309 g/mol. The Morgan fingerprint density at radius 3 is 2.95 bits per heavy atom. The summed E-state index contributed by atoms with van der Waals surface area (Å²) in [6.07, 6.45) is 6.44. The summed E-state index contributed by atoms with van der Waals surface area (Å²) in [7, 11) is 0. The zero-order chi connectivity index (χ0) is 14.8. The van der Waals surface area contributed by atoms with E-state index in [1.807, 2.05) is 5.38 Å². The quantitative estimate of drug-likeness (QED) is 0.895. The van der Waals surface area contributed by atoms with Gasteiger partial charge in [0.25, 0.3) is 0 Å². The lowest BCUT2D eigenvalue weighted by molar-refractivity contribution is -0.141. The third-order valence-corrected chi connectivity index (χ3v) is 5.26. The molecule has 3 atom stereocenters. The van der Waals surface area contributed by atoms with Crippen molar-refractivity contribution in [1.82, 2.24) is 15.2 Å². The molecule has 3 rings (SSSR count). The summed E-state index contributed by atoms with van der Waals surface area (Å²) >= 11 is 1.48. The zero-order valence-corrected chi connectivity index (χ0v) is 12.5. The molecule has 3 unspecified atom stereocenters. The van der Waals surface area contributed by atoms with Crippen LogP contribution in [0.3, 0.4) is 0 Å². The lowest BCUT2D eigenvalue weighted by atomic mass is 9.85. The molecule has 114 valence electrons. The first-order valence-corrected chi connectivity index (χ1v) is 8.22. The summed E-state index contributed by atoms with van der Waals surface area (Å²) in [5.41, 5.74) is 0. The largest absolute Gasteiger partial charge is 0.480 e. The van der Waals surface area contributed by atoms with Crippen LogP contribution in [-0.4, -0.2) is 39.1 Å². The minimum Gasteiger partial charge on any atom is -0.480 e. The van der Waals surface area contributed by atoms with E-state index in [2.05, 4.69) is 10.3 Å². The van der Waals surface area contributed by atoms with E-state index in [0.29, 0.717) is 18.9 Å². The van der Waals surface area contributed by atoms with E-state index in [1.54, 1.807) is 11.1 Å². The van der Waals surface area contributed by atoms with Crippen molar-refractivity contribution >= 4 is 23.3 Å². The van der Waals surface area contributed by atoms with Crippen molar-refractivity contribution in [2.45, 2.75) is 50.7 Å². The number of fused-ring (bicyclic) bond motifs is 1. The number of hydrogen-bond donors (Lipinski definition) is 2. The van der Waals surface area contributed by atoms with E-state index in [9.17, 15) is 14.7 Å². The Labute approximate surface area is 127 Å². The van der Waals surface area contributed by atoms with Crippen LogP contribution in [0.1, 0.15) is 37.1 Å². The lowest BCUT2D eigenvalue weighted by Crippen LogP contribution is -2.50. The number of aromatic nitrogens is 1. The molecule has 1 aromatic heterocycles. The summed E-state index contributed by atoms with van der Waals surface area (Å²) in [5.74, 6) is -0.556. The first kappa shape index (κ1) is 14.3. The van der Waals surface area contributed by atoms with Gasteiger partial charge in [-0.1, -0.05) is 12.8 Å². The molecule has 1 aromatic rings. The summed E-state index contributed by atoms with van der Waals surface area (Å²) in [6, 6.07) is -0.877. The Morgan fingerprint density at radius 2 is 2.24 bits per heavy atom. The Balaban J connectivity index is 1.70. The molecular weight excluding hydrogens is 290 g/mol. The van der Waals surface area contributed by atoms with Crippen LogP contribution in [0.25, 0.3) is 0 Å². The van der Waals surface area contributed by atoms with Crippen LogP contribution < -0.4 is 5.32 Å². The van der Waals surface area contributed by atoms with Gasteiger partial charge in [-0.3, -0.25) is 0 Å². The van der Waals surface area contributed by atoms with Crippen LogP contribution in [0.5, 0.6) is 0 Å². The van der Waals surface area contributed by atoms with Crippen LogP contribution in [0.4, 0.5) is 4.79 Å². The van der Waals surface area contributed by atoms with E-state index in [-0.39, 0.29) is 12.1 Å². The molecule has 7 heteroatoms. The van der Waals surface area contributed by atoms with Crippen LogP contribution in [0.15, 0.2) is 11.6 Å². The third-order valence-electron chi connectivity index (χ3n) is 4.48. The average Bonchev–Trinajstić information content (AvgIpc) is 3.11. The zero-order valence-electron chi connectivity index (χ0n) is 11.7. The Morgan fingerprint density at radius 1 is 1.43 bits per heavy atom. The highest BCUT2D eigenvalue weighted by molar-refractivity contribution is 7.09. The standard InChI is InChI=1S/C14H19N3O3S/c18-13(19)11-7-9-3-1-2-4-10(9)17(11)14(20)16-8-12-15-5-6-21-12/h5-6,9-11H,1-4,7-8H2,(H,16,20)(H,18,19). The first-order valence-electron chi connectivity index (χ1n) is 7.34. The maximum Gasteiger partial charge on any atom is 0.326 e. The SMILES string of the molecule is O=C(O)C1CC2CCCCC2N1C(=O)NCc1nccs1. The highest BCUT2D eigenvalue weighted by Crippen LogP contribution is 2.39. The monoisotopic (exact) mass is 309 g/mol. The molecule has 2 N–H and O–H groups in total. The van der Waals surface area contributed by atoms with Gasteiger partial charge in [0.2, 0.25) is 0 Å². The molecule has 0 spiro atoms. The number of aliphatic carboxylic acids is 1. The molecule has 1 aliphatic heterocycles. The predicted molar refractivity (Wildman–Crippen MR) is 78.0 cm³/mol. The van der Waals surface area contributed by atoms with Crippen molar-refractivity contribution < 1.29 is 14.7 Å². The fraction of sp³-hybridized carbons (Fsp3) is 0.643. The molecule has 1 saturated carbocycles. The summed E-state index contributed by atoms with van der Waals surface area (Å²) in [6.45, 7) is 0.358. The van der Waals surface area contributed by atoms with Gasteiger partial charge >= 0.3 is 12.0 Å². The van der Waals surface area contributed by atoms with Gasteiger partial charge in [0, 0.05) is 17.6 Å². The molecule has 1 aliphatic carbocycles. The summed E-state index contributed by atoms with van der Waals surface area (Å²) in [5, 5.41) is 14.9. The summed E-state index contributed by atoms with van der Waals surface area (Å²) < 4.78 is 0. The molecule has 0 radical (unpaired) electrons. The maximum absolute atomic E-state index is 12.4. The van der Waals surface area contributed by atoms with E-state index >= 15 is 0 Å². The topological polar surface area (TPSA) is 82.5 Å². The molecule has 2 heterocycles. The normalized spacial score (nSPS) is 28.2. The molecule has 2 aliphatic rings. The lowest BCUT2D eigenvalue weighted by Gasteiger charge is -2.32. The van der Waals surface area contributed by atoms with Gasteiger partial charge in [-0.2, -0.15) is 0 Å². The van der Waals surface area contributed by atoms with Gasteiger partial charge in [-0.15, -0.1) is 11.3 Å². The van der Waals surface area contributed by atoms with E-state index in [1.165, 1.54) is 11.3 Å². The number of nitrogens with zero attached hydrogens (tertiary/aromatic N) is 2. The number of rotatable bonds is 3. The van der Waals surface area contributed by atoms with E-state index in [4.69, 9.17) is 0 Å². The van der Waals surface area contributed by atoms with Crippen LogP contribution in [0, 0.1) is 5.92 Å². The van der Waals surface area contributed by atoms with Crippen molar-refractivity contribution in [3.8, 4) is 0 Å². The first-order chi connectivity index (χ1) is 10.2. The number of urea groups is 1. The number of amides is 2. The second-order valence-electron chi connectivity index (χ2n) is 5.69. The van der Waals surface area contributed by atoms with Crippen molar-refractivity contribution in [2.75, 3.05) is 0 Å². The van der Waals surface area contributed by atoms with Gasteiger partial charge in [0.1, 0.15) is 11.0 Å². The van der Waals surface area contributed by atoms with Crippen molar-refractivity contribution in [3.05, 3.63) is 16.6 Å². The van der Waals surface area contributed by atoms with Crippen molar-refractivity contribution in [1.29, 1.82) is 0 Å². The Hall–Kier alpha value is -1.63. The molecule has 2 amide bonds. The second-order valence-corrected chi connectivity index (χ2v) is 6.67. The van der Waals surface area contributed by atoms with E-state index < -0.39 is 12.0 Å². The van der Waals surface area contributed by atoms with Gasteiger partial charge in [0.15, 0.2) is 0 Å². The molecule has 6 nitrogen and oxygen atoms in total. The van der Waals surface area contributed by atoms with Gasteiger partial charge < -0.3 is 15.3 Å². The number of likely N-dealkylation sites (tertiary alicyclic amines) is 1. The minimum absolute atomic E-state index is 0.0798. The molecule has 0 bridgehead atoms. The van der Waals surface area contributed by atoms with Gasteiger partial charge in [-0.05, 0) is 25.2 Å².